The third-order valence-electron chi connectivity index (χ3n) is 5.46. The summed E-state index contributed by atoms with van der Waals surface area (Å²) in [4.78, 5) is 12.4. The Morgan fingerprint density at radius 2 is 1.45 bits per heavy atom. The molecule has 2 N–H and O–H groups in total. The molecule has 38 heavy (non-hydrogen) atoms. The number of hydrogen-bond acceptors (Lipinski definition) is 7. The second-order valence-corrected chi connectivity index (χ2v) is 7.82. The largest absolute Gasteiger partial charge is 0.504 e. The summed E-state index contributed by atoms with van der Waals surface area (Å²) in [6.45, 7) is 0. The van der Waals surface area contributed by atoms with Crippen LogP contribution in [0.5, 0.6) is 28.7 Å². The number of methoxy groups -OCH3 is 4. The number of allylic oxidation sites excluding steroid dienone is 1. The van der Waals surface area contributed by atoms with E-state index >= 15 is 0 Å². The third kappa shape index (κ3) is 6.58. The summed E-state index contributed by atoms with van der Waals surface area (Å²) in [5.41, 5.74) is 1.01. The van der Waals surface area contributed by atoms with Crippen LogP contribution in [0.3, 0.4) is 0 Å². The van der Waals surface area contributed by atoms with Crippen molar-refractivity contribution in [1.29, 1.82) is 0 Å². The molecule has 3 rings (SSSR count). The Balaban J connectivity index is 1.87. The fourth-order valence-corrected chi connectivity index (χ4v) is 3.52. The van der Waals surface area contributed by atoms with E-state index < -0.39 is 17.5 Å². The number of hydrogen-bond donors (Lipinski definition) is 2. The molecule has 10 heteroatoms. The molecule has 0 saturated heterocycles. The highest BCUT2D eigenvalue weighted by molar-refractivity contribution is 6.04. The molecule has 0 heterocycles. The van der Waals surface area contributed by atoms with Gasteiger partial charge in [-0.15, -0.1) is 0 Å². The van der Waals surface area contributed by atoms with Crippen LogP contribution in [0, 0.1) is 0 Å². The number of aromatic hydroxyl groups is 1. The van der Waals surface area contributed by atoms with Crippen molar-refractivity contribution < 1.29 is 42.0 Å². The molecule has 0 aromatic heterocycles. The van der Waals surface area contributed by atoms with E-state index in [0.717, 1.165) is 24.3 Å². The molecule has 0 atom stereocenters. The molecular formula is C28H26F3NO6. The number of benzene rings is 3. The predicted molar refractivity (Wildman–Crippen MR) is 138 cm³/mol. The highest BCUT2D eigenvalue weighted by Crippen LogP contribution is 2.39. The number of anilines is 1. The van der Waals surface area contributed by atoms with Crippen molar-refractivity contribution in [3.63, 3.8) is 0 Å². The molecule has 3 aromatic rings. The monoisotopic (exact) mass is 529 g/mol. The Hall–Kier alpha value is -4.60. The average Bonchev–Trinajstić information content (AvgIpc) is 2.91. The van der Waals surface area contributed by atoms with Gasteiger partial charge in [0.2, 0.25) is 5.75 Å². The van der Waals surface area contributed by atoms with E-state index in [-0.39, 0.29) is 17.1 Å². The van der Waals surface area contributed by atoms with Gasteiger partial charge in [0.1, 0.15) is 0 Å². The van der Waals surface area contributed by atoms with Crippen molar-refractivity contribution in [1.82, 2.24) is 0 Å². The Morgan fingerprint density at radius 1 is 0.842 bits per heavy atom. The van der Waals surface area contributed by atoms with E-state index in [2.05, 4.69) is 5.32 Å². The van der Waals surface area contributed by atoms with Crippen molar-refractivity contribution in [2.75, 3.05) is 33.8 Å². The number of rotatable bonds is 10. The molecule has 7 nitrogen and oxygen atoms in total. The van der Waals surface area contributed by atoms with Gasteiger partial charge < -0.3 is 29.4 Å². The van der Waals surface area contributed by atoms with E-state index in [9.17, 15) is 23.1 Å². The van der Waals surface area contributed by atoms with Gasteiger partial charge in [-0.25, -0.2) is 0 Å². The zero-order chi connectivity index (χ0) is 27.9. The second kappa shape index (κ2) is 12.1. The van der Waals surface area contributed by atoms with Crippen LogP contribution in [0.2, 0.25) is 0 Å². The van der Waals surface area contributed by atoms with Crippen LogP contribution in [0.1, 0.15) is 27.0 Å². The predicted octanol–water partition coefficient (Wildman–Crippen LogP) is 6.42. The van der Waals surface area contributed by atoms with Gasteiger partial charge >= 0.3 is 6.18 Å². The number of halogens is 3. The molecule has 0 aliphatic heterocycles. The maximum absolute atomic E-state index is 12.8. The summed E-state index contributed by atoms with van der Waals surface area (Å²) in [6.07, 6.45) is 1.53. The Morgan fingerprint density at radius 3 is 1.97 bits per heavy atom. The minimum atomic E-state index is -4.48. The van der Waals surface area contributed by atoms with Crippen LogP contribution < -0.4 is 24.3 Å². The van der Waals surface area contributed by atoms with Gasteiger partial charge in [0.15, 0.2) is 28.8 Å². The summed E-state index contributed by atoms with van der Waals surface area (Å²) in [7, 11) is 5.91. The molecule has 0 fully saturated rings. The van der Waals surface area contributed by atoms with Crippen molar-refractivity contribution in [2.24, 2.45) is 0 Å². The van der Waals surface area contributed by atoms with E-state index in [4.69, 9.17) is 18.9 Å². The number of phenolic OH excluding ortho intramolecular Hbond substituents is 1. The van der Waals surface area contributed by atoms with Crippen molar-refractivity contribution in [2.45, 2.75) is 6.18 Å². The second-order valence-electron chi connectivity index (χ2n) is 7.82. The lowest BCUT2D eigenvalue weighted by Crippen LogP contribution is -2.05. The van der Waals surface area contributed by atoms with Gasteiger partial charge in [-0.1, -0.05) is 24.3 Å². The molecule has 0 bridgehead atoms. The lowest BCUT2D eigenvalue weighted by molar-refractivity contribution is -0.137. The fourth-order valence-electron chi connectivity index (χ4n) is 3.52. The van der Waals surface area contributed by atoms with Crippen LogP contribution in [0.15, 0.2) is 60.8 Å². The third-order valence-corrected chi connectivity index (χ3v) is 5.46. The smallest absolute Gasteiger partial charge is 0.416 e. The van der Waals surface area contributed by atoms with Gasteiger partial charge in [-0.3, -0.25) is 4.79 Å². The van der Waals surface area contributed by atoms with Crippen LogP contribution >= 0.6 is 0 Å². The minimum Gasteiger partial charge on any atom is -0.504 e. The number of carbonyl (C=O) groups excluding carboxylic acids is 1. The van der Waals surface area contributed by atoms with E-state index in [1.165, 1.54) is 52.8 Å². The summed E-state index contributed by atoms with van der Waals surface area (Å²) >= 11 is 0. The highest BCUT2D eigenvalue weighted by atomic mass is 19.4. The van der Waals surface area contributed by atoms with Gasteiger partial charge in [-0.05, 0) is 35.9 Å². The van der Waals surface area contributed by atoms with Crippen LogP contribution in [0.4, 0.5) is 18.9 Å². The molecule has 200 valence electrons. The maximum atomic E-state index is 12.8. The first-order valence-corrected chi connectivity index (χ1v) is 11.1. The SMILES string of the molecule is COc1cc(N/C=C\C(=O)c2ccc(C(F)(F)F)cc2)c(/C=C\c2cc(OC)c(OC)c(OC)c2)cc1O. The number of ether oxygens (including phenoxy) is 4. The number of carbonyl (C=O) groups is 1. The normalized spacial score (nSPS) is 11.6. The molecule has 0 saturated carbocycles. The quantitative estimate of drug-likeness (QED) is 0.136. The van der Waals surface area contributed by atoms with Crippen molar-refractivity contribution >= 4 is 23.6 Å². The first kappa shape index (κ1) is 28.0. The van der Waals surface area contributed by atoms with Crippen LogP contribution in [-0.2, 0) is 6.18 Å². The van der Waals surface area contributed by atoms with E-state index in [1.54, 1.807) is 24.3 Å². The lowest BCUT2D eigenvalue weighted by atomic mass is 10.1. The Kier molecular flexibility index (Phi) is 8.90. The van der Waals surface area contributed by atoms with E-state index in [1.807, 2.05) is 0 Å². The Labute approximate surface area is 217 Å². The fraction of sp³-hybridized carbons (Fsp3) is 0.179. The molecule has 0 radical (unpaired) electrons. The lowest BCUT2D eigenvalue weighted by Gasteiger charge is -2.13. The molecule has 3 aromatic carbocycles. The minimum absolute atomic E-state index is 0.0989. The molecule has 0 unspecified atom stereocenters. The van der Waals surface area contributed by atoms with Crippen molar-refractivity contribution in [3.8, 4) is 28.7 Å². The average molecular weight is 530 g/mol. The number of alkyl halides is 3. The first-order valence-electron chi connectivity index (χ1n) is 11.1. The standard InChI is InChI=1S/C28H26F3NO6/c1-35-24-16-21(32-12-11-22(33)18-7-9-20(10-8-18)28(29,30)31)19(15-23(24)34)6-5-17-13-25(36-2)27(38-4)26(14-17)37-3/h5-16,32,34H,1-4H3/b6-5-,12-11-. The molecular weight excluding hydrogens is 503 g/mol. The molecule has 0 aliphatic rings. The summed E-state index contributed by atoms with van der Waals surface area (Å²) in [5, 5.41) is 13.3. The van der Waals surface area contributed by atoms with E-state index in [0.29, 0.717) is 34.1 Å². The van der Waals surface area contributed by atoms with Crippen LogP contribution in [0.25, 0.3) is 12.2 Å². The highest BCUT2D eigenvalue weighted by Gasteiger charge is 2.30. The number of ketones is 1. The van der Waals surface area contributed by atoms with Gasteiger partial charge in [0.05, 0.1) is 34.0 Å². The first-order chi connectivity index (χ1) is 18.1. The molecule has 0 spiro atoms. The van der Waals surface area contributed by atoms with Crippen LogP contribution in [-0.4, -0.2) is 39.3 Å². The molecule has 0 amide bonds. The summed E-state index contributed by atoms with van der Waals surface area (Å²) in [6, 6.07) is 10.4. The summed E-state index contributed by atoms with van der Waals surface area (Å²) < 4.78 is 59.5. The zero-order valence-electron chi connectivity index (χ0n) is 21.1. The summed E-state index contributed by atoms with van der Waals surface area (Å²) in [5.74, 6) is 0.970. The zero-order valence-corrected chi connectivity index (χ0v) is 21.1. The van der Waals surface area contributed by atoms with Gasteiger partial charge in [-0.2, -0.15) is 13.2 Å². The number of phenols is 1. The van der Waals surface area contributed by atoms with Gasteiger partial charge in [0.25, 0.3) is 0 Å². The Bertz CT molecular complexity index is 1320. The maximum Gasteiger partial charge on any atom is 0.416 e. The molecule has 0 aliphatic carbocycles. The van der Waals surface area contributed by atoms with Gasteiger partial charge in [0, 0.05) is 35.2 Å². The van der Waals surface area contributed by atoms with Crippen molar-refractivity contribution in [3.05, 3.63) is 83.1 Å². The topological polar surface area (TPSA) is 86.3 Å². The number of nitrogens with one attached hydrogen (secondary N) is 1.